The highest BCUT2D eigenvalue weighted by Crippen LogP contribution is 2.26. The van der Waals surface area contributed by atoms with Crippen LogP contribution in [-0.2, 0) is 10.0 Å². The molecule has 19 heavy (non-hydrogen) atoms. The highest BCUT2D eigenvalue weighted by molar-refractivity contribution is 14.1. The third-order valence-electron chi connectivity index (χ3n) is 2.65. The molecule has 0 radical (unpaired) electrons. The molecular formula is C13H13IN2O2S. The second kappa shape index (κ2) is 5.48. The average Bonchev–Trinajstić information content (AvgIpc) is 2.32. The van der Waals surface area contributed by atoms with Gasteiger partial charge in [-0.25, -0.2) is 13.6 Å². The second-order valence-electron chi connectivity index (χ2n) is 4.13. The number of anilines is 2. The van der Waals surface area contributed by atoms with Crippen molar-refractivity contribution in [3.8, 4) is 0 Å². The summed E-state index contributed by atoms with van der Waals surface area (Å²) in [5.41, 5.74) is 2.38. The molecule has 100 valence electrons. The Balaban J connectivity index is 2.44. The van der Waals surface area contributed by atoms with Crippen LogP contribution in [0.1, 0.15) is 5.56 Å². The van der Waals surface area contributed by atoms with Crippen molar-refractivity contribution in [2.75, 3.05) is 5.32 Å². The Bertz CT molecular complexity index is 714. The van der Waals surface area contributed by atoms with Crippen molar-refractivity contribution in [2.24, 2.45) is 5.14 Å². The molecule has 2 aromatic rings. The number of para-hydroxylation sites is 1. The zero-order valence-electron chi connectivity index (χ0n) is 10.2. The number of hydrogen-bond donors (Lipinski definition) is 2. The molecule has 0 spiro atoms. The first-order valence-electron chi connectivity index (χ1n) is 5.53. The first-order chi connectivity index (χ1) is 8.88. The predicted molar refractivity (Wildman–Crippen MR) is 85.0 cm³/mol. The van der Waals surface area contributed by atoms with E-state index >= 15 is 0 Å². The average molecular weight is 388 g/mol. The molecule has 0 atom stereocenters. The van der Waals surface area contributed by atoms with Crippen molar-refractivity contribution in [2.45, 2.75) is 11.8 Å². The Morgan fingerprint density at radius 1 is 1.11 bits per heavy atom. The van der Waals surface area contributed by atoms with E-state index in [2.05, 4.69) is 27.9 Å². The Hall–Kier alpha value is -1.12. The van der Waals surface area contributed by atoms with Gasteiger partial charge < -0.3 is 5.32 Å². The summed E-state index contributed by atoms with van der Waals surface area (Å²) < 4.78 is 24.2. The number of primary sulfonamides is 1. The van der Waals surface area contributed by atoms with Crippen LogP contribution in [-0.4, -0.2) is 8.42 Å². The lowest BCUT2D eigenvalue weighted by Gasteiger charge is -2.12. The number of halogens is 1. The van der Waals surface area contributed by atoms with Gasteiger partial charge in [0.05, 0.1) is 5.69 Å². The van der Waals surface area contributed by atoms with E-state index in [-0.39, 0.29) is 4.90 Å². The molecule has 0 aromatic heterocycles. The molecule has 6 heteroatoms. The summed E-state index contributed by atoms with van der Waals surface area (Å²) in [6.07, 6.45) is 0. The molecule has 0 aliphatic heterocycles. The quantitative estimate of drug-likeness (QED) is 0.795. The maximum atomic E-state index is 11.5. The molecular weight excluding hydrogens is 375 g/mol. The van der Waals surface area contributed by atoms with E-state index in [0.29, 0.717) is 5.69 Å². The summed E-state index contributed by atoms with van der Waals surface area (Å²) in [4.78, 5) is 0.0907. The lowest BCUT2D eigenvalue weighted by molar-refractivity contribution is 0.598. The van der Waals surface area contributed by atoms with Crippen LogP contribution in [0.2, 0.25) is 0 Å². The summed E-state index contributed by atoms with van der Waals surface area (Å²) in [5, 5.41) is 8.32. The first kappa shape index (κ1) is 14.3. The van der Waals surface area contributed by atoms with Gasteiger partial charge in [0.15, 0.2) is 0 Å². The number of nitrogens with two attached hydrogens (primary N) is 1. The van der Waals surface area contributed by atoms with E-state index in [1.807, 2.05) is 25.1 Å². The molecule has 0 aliphatic carbocycles. The summed E-state index contributed by atoms with van der Waals surface area (Å²) in [6, 6.07) is 12.5. The molecule has 0 aliphatic rings. The molecule has 0 amide bonds. The van der Waals surface area contributed by atoms with Gasteiger partial charge in [-0.15, -0.1) is 0 Å². The fourth-order valence-electron chi connectivity index (χ4n) is 1.73. The minimum absolute atomic E-state index is 0.0907. The third-order valence-corrected chi connectivity index (χ3v) is 4.29. The van der Waals surface area contributed by atoms with Crippen LogP contribution in [0.5, 0.6) is 0 Å². The predicted octanol–water partition coefficient (Wildman–Crippen LogP) is 2.99. The number of hydrogen-bond acceptors (Lipinski definition) is 3. The standard InChI is InChI=1S/C13H13IN2O2S/c1-9-8-10(14)6-7-11(9)16-12-4-2-3-5-13(12)19(15,17)18/h2-8,16H,1H3,(H2,15,17,18). The van der Waals surface area contributed by atoms with Gasteiger partial charge in [-0.3, -0.25) is 0 Å². The molecule has 0 fully saturated rings. The van der Waals surface area contributed by atoms with Crippen LogP contribution in [0.3, 0.4) is 0 Å². The molecule has 2 rings (SSSR count). The molecule has 0 bridgehead atoms. The first-order valence-corrected chi connectivity index (χ1v) is 8.15. The summed E-state index contributed by atoms with van der Waals surface area (Å²) in [5.74, 6) is 0. The minimum atomic E-state index is -3.74. The molecule has 0 heterocycles. The number of benzene rings is 2. The summed E-state index contributed by atoms with van der Waals surface area (Å²) >= 11 is 2.23. The molecule has 0 unspecified atom stereocenters. The van der Waals surface area contributed by atoms with E-state index < -0.39 is 10.0 Å². The Morgan fingerprint density at radius 3 is 2.42 bits per heavy atom. The van der Waals surface area contributed by atoms with Crippen LogP contribution < -0.4 is 10.5 Å². The van der Waals surface area contributed by atoms with Gasteiger partial charge in [-0.05, 0) is 65.4 Å². The molecule has 0 saturated heterocycles. The van der Waals surface area contributed by atoms with Gasteiger partial charge in [-0.1, -0.05) is 12.1 Å². The zero-order valence-corrected chi connectivity index (χ0v) is 13.2. The van der Waals surface area contributed by atoms with Crippen LogP contribution >= 0.6 is 22.6 Å². The van der Waals surface area contributed by atoms with E-state index in [4.69, 9.17) is 5.14 Å². The maximum Gasteiger partial charge on any atom is 0.240 e. The van der Waals surface area contributed by atoms with E-state index in [1.54, 1.807) is 18.2 Å². The van der Waals surface area contributed by atoms with Crippen molar-refractivity contribution < 1.29 is 8.42 Å². The Kier molecular flexibility index (Phi) is 4.12. The van der Waals surface area contributed by atoms with Gasteiger partial charge in [0.2, 0.25) is 10.0 Å². The van der Waals surface area contributed by atoms with Gasteiger partial charge in [0, 0.05) is 9.26 Å². The Morgan fingerprint density at radius 2 is 1.79 bits per heavy atom. The minimum Gasteiger partial charge on any atom is -0.354 e. The fourth-order valence-corrected chi connectivity index (χ4v) is 3.07. The highest BCUT2D eigenvalue weighted by atomic mass is 127. The number of rotatable bonds is 3. The van der Waals surface area contributed by atoms with Crippen LogP contribution in [0, 0.1) is 10.5 Å². The topological polar surface area (TPSA) is 72.2 Å². The van der Waals surface area contributed by atoms with Crippen molar-refractivity contribution in [1.82, 2.24) is 0 Å². The second-order valence-corrected chi connectivity index (χ2v) is 6.90. The number of aryl methyl sites for hydroxylation is 1. The maximum absolute atomic E-state index is 11.5. The monoisotopic (exact) mass is 388 g/mol. The fraction of sp³-hybridized carbons (Fsp3) is 0.0769. The van der Waals surface area contributed by atoms with Crippen molar-refractivity contribution in [3.63, 3.8) is 0 Å². The molecule has 0 saturated carbocycles. The van der Waals surface area contributed by atoms with Gasteiger partial charge in [0.25, 0.3) is 0 Å². The number of sulfonamides is 1. The SMILES string of the molecule is Cc1cc(I)ccc1Nc1ccccc1S(N)(=O)=O. The van der Waals surface area contributed by atoms with E-state index in [9.17, 15) is 8.42 Å². The van der Waals surface area contributed by atoms with Gasteiger partial charge >= 0.3 is 0 Å². The van der Waals surface area contributed by atoms with Crippen LogP contribution in [0.4, 0.5) is 11.4 Å². The smallest absolute Gasteiger partial charge is 0.240 e. The van der Waals surface area contributed by atoms with Crippen molar-refractivity contribution >= 4 is 44.0 Å². The summed E-state index contributed by atoms with van der Waals surface area (Å²) in [7, 11) is -3.74. The lowest BCUT2D eigenvalue weighted by Crippen LogP contribution is -2.14. The van der Waals surface area contributed by atoms with E-state index in [1.165, 1.54) is 6.07 Å². The Labute approximate surface area is 126 Å². The van der Waals surface area contributed by atoms with Crippen molar-refractivity contribution in [3.05, 3.63) is 51.6 Å². The summed E-state index contributed by atoms with van der Waals surface area (Å²) in [6.45, 7) is 1.96. The van der Waals surface area contributed by atoms with Crippen LogP contribution in [0.25, 0.3) is 0 Å². The van der Waals surface area contributed by atoms with Gasteiger partial charge in [-0.2, -0.15) is 0 Å². The molecule has 2 aromatic carbocycles. The van der Waals surface area contributed by atoms with Crippen LogP contribution in [0.15, 0.2) is 47.4 Å². The molecule has 4 nitrogen and oxygen atoms in total. The van der Waals surface area contributed by atoms with E-state index in [0.717, 1.165) is 14.8 Å². The highest BCUT2D eigenvalue weighted by Gasteiger charge is 2.13. The zero-order chi connectivity index (χ0) is 14.0. The largest absolute Gasteiger partial charge is 0.354 e. The van der Waals surface area contributed by atoms with Crippen molar-refractivity contribution in [1.29, 1.82) is 0 Å². The molecule has 3 N–H and O–H groups in total. The number of nitrogens with one attached hydrogen (secondary N) is 1. The lowest BCUT2D eigenvalue weighted by atomic mass is 10.2. The normalized spacial score (nSPS) is 11.3. The third kappa shape index (κ3) is 3.46. The van der Waals surface area contributed by atoms with Gasteiger partial charge in [0.1, 0.15) is 4.90 Å².